The molecule has 0 amide bonds. The van der Waals surface area contributed by atoms with Crippen molar-refractivity contribution in [1.29, 1.82) is 0 Å². The summed E-state index contributed by atoms with van der Waals surface area (Å²) in [6.45, 7) is 0.985. The molecule has 0 radical (unpaired) electrons. The molecule has 0 spiro atoms. The molecule has 13 heavy (non-hydrogen) atoms. The molecule has 0 bridgehead atoms. The van der Waals surface area contributed by atoms with Crippen molar-refractivity contribution in [2.24, 2.45) is 0 Å². The van der Waals surface area contributed by atoms with E-state index in [9.17, 15) is 4.39 Å². The van der Waals surface area contributed by atoms with E-state index in [2.05, 4.69) is 27.8 Å². The topological polar surface area (TPSA) is 18.5 Å². The fourth-order valence-electron chi connectivity index (χ4n) is 1.10. The molecule has 2 atom stereocenters. The Labute approximate surface area is 85.9 Å². The van der Waals surface area contributed by atoms with E-state index in [1.54, 1.807) is 0 Å². The van der Waals surface area contributed by atoms with Crippen LogP contribution in [0.1, 0.15) is 19.3 Å². The van der Waals surface area contributed by atoms with Crippen LogP contribution in [0.4, 0.5) is 4.39 Å². The predicted octanol–water partition coefficient (Wildman–Crippen LogP) is 2.22. The first kappa shape index (κ1) is 11.0. The number of hydrogen-bond donors (Lipinski definition) is 0. The lowest BCUT2D eigenvalue weighted by Gasteiger charge is -2.21. The molecular weight excluding hydrogens is 239 g/mol. The third-order valence-corrected chi connectivity index (χ3v) is 1.92. The lowest BCUT2D eigenvalue weighted by atomic mass is 10.2. The van der Waals surface area contributed by atoms with Crippen LogP contribution in [0.15, 0.2) is 0 Å². The van der Waals surface area contributed by atoms with Crippen LogP contribution >= 0.6 is 15.9 Å². The van der Waals surface area contributed by atoms with E-state index in [1.165, 1.54) is 0 Å². The number of ether oxygens (including phenoxy) is 2. The van der Waals surface area contributed by atoms with Gasteiger partial charge in [-0.1, -0.05) is 11.8 Å². The summed E-state index contributed by atoms with van der Waals surface area (Å²) < 4.78 is 22.7. The number of hydrogen-bond acceptors (Lipinski definition) is 2. The zero-order valence-electron chi connectivity index (χ0n) is 7.26. The summed E-state index contributed by atoms with van der Waals surface area (Å²) >= 11 is 2.67. The van der Waals surface area contributed by atoms with Crippen molar-refractivity contribution in [3.63, 3.8) is 0 Å². The molecule has 1 saturated heterocycles. The third kappa shape index (κ3) is 5.25. The van der Waals surface area contributed by atoms with E-state index in [4.69, 9.17) is 9.47 Å². The van der Waals surface area contributed by atoms with E-state index in [-0.39, 0.29) is 12.9 Å². The highest BCUT2D eigenvalue weighted by Crippen LogP contribution is 2.13. The van der Waals surface area contributed by atoms with Crippen molar-refractivity contribution in [1.82, 2.24) is 0 Å². The lowest BCUT2D eigenvalue weighted by Crippen LogP contribution is -2.22. The third-order valence-electron chi connectivity index (χ3n) is 1.69. The van der Waals surface area contributed by atoms with Crippen molar-refractivity contribution in [2.45, 2.75) is 30.6 Å². The lowest BCUT2D eigenvalue weighted by molar-refractivity contribution is -0.154. The summed E-state index contributed by atoms with van der Waals surface area (Å²) in [5, 5.41) is -1.26. The van der Waals surface area contributed by atoms with Crippen LogP contribution < -0.4 is 0 Å². The average Bonchev–Trinajstić information content (AvgIpc) is 2.14. The van der Waals surface area contributed by atoms with Gasteiger partial charge in [0.2, 0.25) is 5.08 Å². The Morgan fingerprint density at radius 3 is 3.08 bits per heavy atom. The Kier molecular flexibility index (Phi) is 5.37. The van der Waals surface area contributed by atoms with Crippen LogP contribution in [0.2, 0.25) is 0 Å². The Bertz CT molecular complexity index is 192. The van der Waals surface area contributed by atoms with E-state index < -0.39 is 5.08 Å². The van der Waals surface area contributed by atoms with Gasteiger partial charge in [-0.2, -0.15) is 0 Å². The standard InChI is InChI=1S/C9H12BrFO2/c10-8(11)4-3-7-13-9-5-1-2-6-12-9/h8-9H,1-2,5-7H2. The molecule has 0 aromatic rings. The van der Waals surface area contributed by atoms with Gasteiger partial charge in [0.05, 0.1) is 0 Å². The summed E-state index contributed by atoms with van der Waals surface area (Å²) in [5.41, 5.74) is 0. The molecule has 0 aromatic carbocycles. The zero-order valence-corrected chi connectivity index (χ0v) is 8.85. The highest BCUT2D eigenvalue weighted by molar-refractivity contribution is 9.09. The number of rotatable bonds is 2. The monoisotopic (exact) mass is 250 g/mol. The summed E-state index contributed by atoms with van der Waals surface area (Å²) in [6.07, 6.45) is 2.99. The molecule has 0 N–H and O–H groups in total. The normalized spacial score (nSPS) is 24.6. The molecule has 0 saturated carbocycles. The first-order chi connectivity index (χ1) is 6.29. The van der Waals surface area contributed by atoms with Crippen molar-refractivity contribution >= 4 is 15.9 Å². The molecule has 0 aliphatic carbocycles. The highest BCUT2D eigenvalue weighted by atomic mass is 79.9. The minimum atomic E-state index is -1.26. The van der Waals surface area contributed by atoms with Crippen LogP contribution in [0.3, 0.4) is 0 Å². The number of halogens is 2. The molecule has 74 valence electrons. The highest BCUT2D eigenvalue weighted by Gasteiger charge is 2.12. The summed E-state index contributed by atoms with van der Waals surface area (Å²) in [7, 11) is 0. The molecular formula is C9H12BrFO2. The van der Waals surface area contributed by atoms with E-state index >= 15 is 0 Å². The molecule has 0 aromatic heterocycles. The van der Waals surface area contributed by atoms with Gasteiger partial charge in [-0.25, -0.2) is 4.39 Å². The first-order valence-corrected chi connectivity index (χ1v) is 5.20. The molecule has 1 heterocycles. The van der Waals surface area contributed by atoms with Crippen LogP contribution in [-0.4, -0.2) is 24.6 Å². The smallest absolute Gasteiger partial charge is 0.215 e. The minimum absolute atomic E-state index is 0.142. The Hall–Kier alpha value is -0.110. The van der Waals surface area contributed by atoms with Gasteiger partial charge in [0, 0.05) is 6.61 Å². The van der Waals surface area contributed by atoms with E-state index in [0.29, 0.717) is 0 Å². The van der Waals surface area contributed by atoms with Crippen LogP contribution in [0.25, 0.3) is 0 Å². The molecule has 2 unspecified atom stereocenters. The zero-order chi connectivity index (χ0) is 9.52. The molecule has 1 aliphatic rings. The average molecular weight is 251 g/mol. The van der Waals surface area contributed by atoms with Gasteiger partial charge < -0.3 is 9.47 Å². The second-order valence-corrected chi connectivity index (χ2v) is 3.53. The molecule has 1 fully saturated rings. The van der Waals surface area contributed by atoms with E-state index in [0.717, 1.165) is 25.9 Å². The quantitative estimate of drug-likeness (QED) is 0.553. The maximum absolute atomic E-state index is 12.1. The van der Waals surface area contributed by atoms with Crippen molar-refractivity contribution in [2.75, 3.05) is 13.2 Å². The Balaban J connectivity index is 2.08. The van der Waals surface area contributed by atoms with Crippen LogP contribution in [-0.2, 0) is 9.47 Å². The van der Waals surface area contributed by atoms with Crippen LogP contribution in [0, 0.1) is 11.8 Å². The summed E-state index contributed by atoms with van der Waals surface area (Å²) in [4.78, 5) is 0. The summed E-state index contributed by atoms with van der Waals surface area (Å²) in [6, 6.07) is 0. The maximum Gasteiger partial charge on any atom is 0.215 e. The van der Waals surface area contributed by atoms with Gasteiger partial charge in [-0.05, 0) is 35.2 Å². The van der Waals surface area contributed by atoms with Gasteiger partial charge in [0.25, 0.3) is 0 Å². The molecule has 1 aliphatic heterocycles. The van der Waals surface area contributed by atoms with Crippen LogP contribution in [0.5, 0.6) is 0 Å². The second-order valence-electron chi connectivity index (χ2n) is 2.73. The van der Waals surface area contributed by atoms with Gasteiger partial charge in [0.1, 0.15) is 6.61 Å². The first-order valence-electron chi connectivity index (χ1n) is 4.29. The largest absolute Gasteiger partial charge is 0.353 e. The molecule has 1 rings (SSSR count). The Morgan fingerprint density at radius 2 is 2.46 bits per heavy atom. The minimum Gasteiger partial charge on any atom is -0.353 e. The van der Waals surface area contributed by atoms with Crippen molar-refractivity contribution < 1.29 is 13.9 Å². The van der Waals surface area contributed by atoms with Gasteiger partial charge in [0.15, 0.2) is 6.29 Å². The molecule has 4 heteroatoms. The maximum atomic E-state index is 12.1. The summed E-state index contributed by atoms with van der Waals surface area (Å²) in [5.74, 6) is 4.86. The second kappa shape index (κ2) is 6.36. The predicted molar refractivity (Wildman–Crippen MR) is 51.1 cm³/mol. The molecule has 2 nitrogen and oxygen atoms in total. The van der Waals surface area contributed by atoms with Gasteiger partial charge in [-0.3, -0.25) is 0 Å². The SMILES string of the molecule is FC(Br)C#CCOC1CCCCO1. The Morgan fingerprint density at radius 1 is 1.62 bits per heavy atom. The fraction of sp³-hybridized carbons (Fsp3) is 0.778. The van der Waals surface area contributed by atoms with Crippen molar-refractivity contribution in [3.05, 3.63) is 0 Å². The van der Waals surface area contributed by atoms with Gasteiger partial charge >= 0.3 is 0 Å². The fourth-order valence-corrected chi connectivity index (χ4v) is 1.26. The number of alkyl halides is 2. The van der Waals surface area contributed by atoms with Crippen molar-refractivity contribution in [3.8, 4) is 11.8 Å². The van der Waals surface area contributed by atoms with Gasteiger partial charge in [-0.15, -0.1) is 0 Å². The van der Waals surface area contributed by atoms with E-state index in [1.807, 2.05) is 0 Å².